The zero-order chi connectivity index (χ0) is 7.31. The first-order chi connectivity index (χ1) is 5.36. The van der Waals surface area contributed by atoms with Crippen LogP contribution in [0.4, 0.5) is 0 Å². The summed E-state index contributed by atoms with van der Waals surface area (Å²) < 4.78 is 5.53. The standard InChI is InChI=1S/C9H15NO/c1-2-8-4-9(7-11-9)6-10(3-1)5-8/h8H,1-7H2. The Morgan fingerprint density at radius 1 is 1.45 bits per heavy atom. The van der Waals surface area contributed by atoms with Gasteiger partial charge in [0.05, 0.1) is 6.61 Å². The summed E-state index contributed by atoms with van der Waals surface area (Å²) >= 11 is 0. The second-order valence-electron chi connectivity index (χ2n) is 4.42. The molecule has 0 aromatic carbocycles. The lowest BCUT2D eigenvalue weighted by Gasteiger charge is -2.40. The van der Waals surface area contributed by atoms with E-state index < -0.39 is 0 Å². The highest BCUT2D eigenvalue weighted by Crippen LogP contribution is 2.41. The molecule has 0 saturated carbocycles. The van der Waals surface area contributed by atoms with Crippen molar-refractivity contribution >= 4 is 0 Å². The fraction of sp³-hybridized carbons (Fsp3) is 1.00. The Hall–Kier alpha value is -0.0800. The Bertz CT molecular complexity index is 162. The van der Waals surface area contributed by atoms with E-state index in [4.69, 9.17) is 4.74 Å². The number of piperidine rings is 2. The maximum Gasteiger partial charge on any atom is 0.105 e. The molecule has 3 heterocycles. The molecule has 1 spiro atoms. The van der Waals surface area contributed by atoms with Crippen molar-refractivity contribution in [3.63, 3.8) is 0 Å². The van der Waals surface area contributed by atoms with Gasteiger partial charge < -0.3 is 9.64 Å². The predicted octanol–water partition coefficient (Wildman–Crippen LogP) is 0.871. The van der Waals surface area contributed by atoms with Gasteiger partial charge >= 0.3 is 0 Å². The van der Waals surface area contributed by atoms with Crippen LogP contribution >= 0.6 is 0 Å². The summed E-state index contributed by atoms with van der Waals surface area (Å²) in [5.74, 6) is 0.958. The molecular weight excluding hydrogens is 138 g/mol. The molecule has 62 valence electrons. The van der Waals surface area contributed by atoms with Crippen LogP contribution in [0.5, 0.6) is 0 Å². The molecule has 0 aromatic rings. The lowest BCUT2D eigenvalue weighted by molar-refractivity contribution is 0.0592. The van der Waals surface area contributed by atoms with Crippen molar-refractivity contribution in [2.24, 2.45) is 5.92 Å². The van der Waals surface area contributed by atoms with E-state index in [-0.39, 0.29) is 0 Å². The third kappa shape index (κ3) is 1.00. The van der Waals surface area contributed by atoms with Crippen LogP contribution in [0.25, 0.3) is 0 Å². The Labute approximate surface area is 67.5 Å². The summed E-state index contributed by atoms with van der Waals surface area (Å²) in [6, 6.07) is 0. The fourth-order valence-electron chi connectivity index (χ4n) is 2.77. The van der Waals surface area contributed by atoms with E-state index in [1.165, 1.54) is 38.9 Å². The summed E-state index contributed by atoms with van der Waals surface area (Å²) in [5.41, 5.74) is 0.351. The number of fused-ring (bicyclic) bond motifs is 2. The molecule has 3 unspecified atom stereocenters. The number of nitrogens with zero attached hydrogens (tertiary/aromatic N) is 1. The summed E-state index contributed by atoms with van der Waals surface area (Å²) in [5, 5.41) is 0. The van der Waals surface area contributed by atoms with E-state index in [1.54, 1.807) is 0 Å². The quantitative estimate of drug-likeness (QED) is 0.480. The average molecular weight is 153 g/mol. The van der Waals surface area contributed by atoms with Crippen molar-refractivity contribution in [3.05, 3.63) is 0 Å². The summed E-state index contributed by atoms with van der Waals surface area (Å²) in [6.07, 6.45) is 4.21. The van der Waals surface area contributed by atoms with E-state index in [1.807, 2.05) is 0 Å². The van der Waals surface area contributed by atoms with E-state index >= 15 is 0 Å². The SMILES string of the molecule is C1CC2CN(C1)CC1(CO1)C2. The van der Waals surface area contributed by atoms with Crippen molar-refractivity contribution in [3.8, 4) is 0 Å². The molecule has 0 aromatic heterocycles. The zero-order valence-electron chi connectivity index (χ0n) is 6.88. The average Bonchev–Trinajstić information content (AvgIpc) is 2.68. The normalized spacial score (nSPS) is 54.5. The van der Waals surface area contributed by atoms with Crippen LogP contribution in [0, 0.1) is 5.92 Å². The van der Waals surface area contributed by atoms with Crippen LogP contribution in [0.2, 0.25) is 0 Å². The second kappa shape index (κ2) is 1.99. The number of rotatable bonds is 0. The minimum atomic E-state index is 0.351. The highest BCUT2D eigenvalue weighted by Gasteiger charge is 2.51. The van der Waals surface area contributed by atoms with Crippen molar-refractivity contribution in [1.29, 1.82) is 0 Å². The fourth-order valence-corrected chi connectivity index (χ4v) is 2.77. The van der Waals surface area contributed by atoms with Gasteiger partial charge in [0, 0.05) is 13.1 Å². The first-order valence-electron chi connectivity index (χ1n) is 4.73. The number of hydrogen-bond donors (Lipinski definition) is 0. The smallest absolute Gasteiger partial charge is 0.105 e. The van der Waals surface area contributed by atoms with Gasteiger partial charge in [-0.25, -0.2) is 0 Å². The van der Waals surface area contributed by atoms with Crippen LogP contribution in [0.1, 0.15) is 19.3 Å². The van der Waals surface area contributed by atoms with Gasteiger partial charge in [-0.1, -0.05) is 0 Å². The van der Waals surface area contributed by atoms with E-state index in [9.17, 15) is 0 Å². The Morgan fingerprint density at radius 2 is 2.36 bits per heavy atom. The molecule has 0 N–H and O–H groups in total. The highest BCUT2D eigenvalue weighted by atomic mass is 16.6. The third-order valence-corrected chi connectivity index (χ3v) is 3.33. The third-order valence-electron chi connectivity index (χ3n) is 3.33. The molecule has 0 amide bonds. The highest BCUT2D eigenvalue weighted by molar-refractivity contribution is 5.01. The van der Waals surface area contributed by atoms with Gasteiger partial charge in [0.15, 0.2) is 0 Å². The molecule has 0 aliphatic carbocycles. The van der Waals surface area contributed by atoms with E-state index in [0.717, 1.165) is 12.5 Å². The summed E-state index contributed by atoms with van der Waals surface area (Å²) in [6.45, 7) is 4.94. The van der Waals surface area contributed by atoms with Gasteiger partial charge in [-0.05, 0) is 31.7 Å². The molecule has 3 rings (SSSR count). The molecule has 2 heteroatoms. The maximum atomic E-state index is 5.53. The lowest BCUT2D eigenvalue weighted by Crippen LogP contribution is -2.48. The molecule has 2 nitrogen and oxygen atoms in total. The number of ether oxygens (including phenoxy) is 1. The van der Waals surface area contributed by atoms with Crippen molar-refractivity contribution in [2.75, 3.05) is 26.2 Å². The molecule has 3 saturated heterocycles. The minimum absolute atomic E-state index is 0.351. The Balaban J connectivity index is 1.78. The first kappa shape index (κ1) is 6.44. The summed E-state index contributed by atoms with van der Waals surface area (Å²) in [4.78, 5) is 2.59. The van der Waals surface area contributed by atoms with Gasteiger partial charge in [-0.15, -0.1) is 0 Å². The number of hydrogen-bond acceptors (Lipinski definition) is 2. The predicted molar refractivity (Wildman–Crippen MR) is 42.5 cm³/mol. The zero-order valence-corrected chi connectivity index (χ0v) is 6.88. The van der Waals surface area contributed by atoms with Gasteiger partial charge in [0.25, 0.3) is 0 Å². The van der Waals surface area contributed by atoms with E-state index in [2.05, 4.69) is 4.90 Å². The van der Waals surface area contributed by atoms with Crippen LogP contribution in [-0.4, -0.2) is 36.7 Å². The minimum Gasteiger partial charge on any atom is -0.368 e. The van der Waals surface area contributed by atoms with Crippen LogP contribution in [0.15, 0.2) is 0 Å². The summed E-state index contributed by atoms with van der Waals surface area (Å²) in [7, 11) is 0. The van der Waals surface area contributed by atoms with Gasteiger partial charge in [0.1, 0.15) is 5.60 Å². The topological polar surface area (TPSA) is 15.8 Å². The molecule has 3 fully saturated rings. The van der Waals surface area contributed by atoms with Gasteiger partial charge in [-0.2, -0.15) is 0 Å². The molecule has 2 bridgehead atoms. The Kier molecular flexibility index (Phi) is 1.16. The van der Waals surface area contributed by atoms with Crippen LogP contribution in [0.3, 0.4) is 0 Å². The van der Waals surface area contributed by atoms with Crippen molar-refractivity contribution in [1.82, 2.24) is 4.90 Å². The van der Waals surface area contributed by atoms with Crippen LogP contribution in [-0.2, 0) is 4.74 Å². The van der Waals surface area contributed by atoms with Gasteiger partial charge in [0.2, 0.25) is 0 Å². The van der Waals surface area contributed by atoms with E-state index in [0.29, 0.717) is 5.60 Å². The second-order valence-corrected chi connectivity index (χ2v) is 4.42. The monoisotopic (exact) mass is 153 g/mol. The van der Waals surface area contributed by atoms with Crippen molar-refractivity contribution < 1.29 is 4.74 Å². The van der Waals surface area contributed by atoms with Crippen molar-refractivity contribution in [2.45, 2.75) is 24.9 Å². The molecule has 3 aliphatic rings. The largest absolute Gasteiger partial charge is 0.368 e. The lowest BCUT2D eigenvalue weighted by atomic mass is 9.83. The molecule has 3 atom stereocenters. The molecule has 3 aliphatic heterocycles. The van der Waals surface area contributed by atoms with Crippen LogP contribution < -0.4 is 0 Å². The first-order valence-corrected chi connectivity index (χ1v) is 4.73. The molecular formula is C9H15NO. The molecule has 11 heavy (non-hydrogen) atoms. The van der Waals surface area contributed by atoms with Gasteiger partial charge in [-0.3, -0.25) is 0 Å². The number of epoxide rings is 1. The Morgan fingerprint density at radius 3 is 3.09 bits per heavy atom. The maximum absolute atomic E-state index is 5.53. The molecule has 0 radical (unpaired) electrons.